The van der Waals surface area contributed by atoms with Gasteiger partial charge in [-0.25, -0.2) is 0 Å². The van der Waals surface area contributed by atoms with Crippen molar-refractivity contribution in [3.63, 3.8) is 0 Å². The Morgan fingerprint density at radius 2 is 2.15 bits per heavy atom. The second-order valence-corrected chi connectivity index (χ2v) is 3.84. The van der Waals surface area contributed by atoms with Crippen molar-refractivity contribution in [2.75, 3.05) is 19.0 Å². The molecule has 76 valence electrons. The smallest absolute Gasteiger partial charge is 0.234 e. The molecule has 1 amide bonds. The number of carbonyl (C=O) groups is 1. The third-order valence-corrected chi connectivity index (χ3v) is 2.98. The highest BCUT2D eigenvalue weighted by atomic mass is 35.5. The molecule has 0 saturated heterocycles. The van der Waals surface area contributed by atoms with Crippen LogP contribution in [0.15, 0.2) is 0 Å². The van der Waals surface area contributed by atoms with Gasteiger partial charge in [0.25, 0.3) is 0 Å². The molecular formula is C9H16ClNO2. The van der Waals surface area contributed by atoms with Crippen LogP contribution in [0.2, 0.25) is 0 Å². The van der Waals surface area contributed by atoms with E-state index in [1.165, 1.54) is 0 Å². The van der Waals surface area contributed by atoms with Crippen LogP contribution >= 0.6 is 11.6 Å². The van der Waals surface area contributed by atoms with Crippen LogP contribution < -0.4 is 5.32 Å². The van der Waals surface area contributed by atoms with Crippen LogP contribution in [0.25, 0.3) is 0 Å². The van der Waals surface area contributed by atoms with Crippen LogP contribution in [0, 0.1) is 11.8 Å². The number of halogens is 1. The summed E-state index contributed by atoms with van der Waals surface area (Å²) in [5.74, 6) is 0.717. The molecule has 0 spiro atoms. The number of aliphatic hydroxyl groups excluding tert-OH is 1. The van der Waals surface area contributed by atoms with Crippen molar-refractivity contribution in [3.05, 3.63) is 0 Å². The van der Waals surface area contributed by atoms with Gasteiger partial charge in [0.2, 0.25) is 5.91 Å². The van der Waals surface area contributed by atoms with Gasteiger partial charge in [-0.1, -0.05) is 6.42 Å². The molecule has 1 fully saturated rings. The minimum absolute atomic E-state index is 0.0243. The molecule has 1 aliphatic rings. The van der Waals surface area contributed by atoms with E-state index in [4.69, 9.17) is 16.7 Å². The Morgan fingerprint density at radius 1 is 1.46 bits per heavy atom. The number of nitrogens with one attached hydrogen (secondary N) is 1. The minimum Gasteiger partial charge on any atom is -0.396 e. The first-order valence-electron chi connectivity index (χ1n) is 4.71. The van der Waals surface area contributed by atoms with Gasteiger partial charge in [-0.2, -0.15) is 0 Å². The van der Waals surface area contributed by atoms with Crippen molar-refractivity contribution in [2.45, 2.75) is 19.3 Å². The highest BCUT2D eigenvalue weighted by Gasteiger charge is 2.26. The molecule has 1 rings (SSSR count). The number of alkyl halides is 1. The van der Waals surface area contributed by atoms with Crippen LogP contribution in [0.5, 0.6) is 0 Å². The lowest BCUT2D eigenvalue weighted by Crippen LogP contribution is -2.32. The van der Waals surface area contributed by atoms with Gasteiger partial charge in [0.15, 0.2) is 0 Å². The minimum atomic E-state index is -0.120. The summed E-state index contributed by atoms with van der Waals surface area (Å²) in [5.41, 5.74) is 0. The Bertz CT molecular complexity index is 175. The Balaban J connectivity index is 2.23. The summed E-state index contributed by atoms with van der Waals surface area (Å²) in [6.45, 7) is 0.901. The van der Waals surface area contributed by atoms with E-state index in [0.29, 0.717) is 18.4 Å². The number of hydrogen-bond acceptors (Lipinski definition) is 2. The van der Waals surface area contributed by atoms with Gasteiger partial charge in [-0.3, -0.25) is 4.79 Å². The van der Waals surface area contributed by atoms with Crippen molar-refractivity contribution in [2.24, 2.45) is 11.8 Å². The lowest BCUT2D eigenvalue weighted by atomic mass is 9.97. The summed E-state index contributed by atoms with van der Waals surface area (Å²) in [5, 5.41) is 11.8. The molecule has 2 N–H and O–H groups in total. The highest BCUT2D eigenvalue weighted by Crippen LogP contribution is 2.30. The Hall–Kier alpha value is -0.280. The number of hydrogen-bond donors (Lipinski definition) is 2. The standard InChI is InChI=1S/C9H16ClNO2/c10-4-9(13)11-5-7-2-1-3-8(7)6-12/h7-8,12H,1-6H2,(H,11,13). The van der Waals surface area contributed by atoms with Crippen LogP contribution in [-0.4, -0.2) is 30.0 Å². The lowest BCUT2D eigenvalue weighted by Gasteiger charge is -2.17. The topological polar surface area (TPSA) is 49.3 Å². The normalized spacial score (nSPS) is 27.5. The molecule has 0 bridgehead atoms. The van der Waals surface area contributed by atoms with Crippen molar-refractivity contribution < 1.29 is 9.90 Å². The molecule has 4 heteroatoms. The fraction of sp³-hybridized carbons (Fsp3) is 0.889. The molecule has 0 aromatic heterocycles. The number of carbonyl (C=O) groups excluding carboxylic acids is 1. The van der Waals surface area contributed by atoms with Crippen molar-refractivity contribution >= 4 is 17.5 Å². The highest BCUT2D eigenvalue weighted by molar-refractivity contribution is 6.27. The second kappa shape index (κ2) is 5.45. The van der Waals surface area contributed by atoms with Crippen LogP contribution in [0.4, 0.5) is 0 Å². The Kier molecular flexibility index (Phi) is 4.53. The fourth-order valence-electron chi connectivity index (χ4n) is 1.91. The van der Waals surface area contributed by atoms with Gasteiger partial charge in [-0.05, 0) is 24.7 Å². The maximum absolute atomic E-state index is 10.9. The fourth-order valence-corrected chi connectivity index (χ4v) is 2.01. The molecule has 3 nitrogen and oxygen atoms in total. The molecule has 0 aliphatic heterocycles. The van der Waals surface area contributed by atoms with E-state index in [9.17, 15) is 4.79 Å². The predicted molar refractivity (Wildman–Crippen MR) is 51.6 cm³/mol. The lowest BCUT2D eigenvalue weighted by molar-refractivity contribution is -0.118. The summed E-state index contributed by atoms with van der Waals surface area (Å²) < 4.78 is 0. The number of aliphatic hydroxyl groups is 1. The molecule has 13 heavy (non-hydrogen) atoms. The van der Waals surface area contributed by atoms with Gasteiger partial charge in [-0.15, -0.1) is 11.6 Å². The van der Waals surface area contributed by atoms with E-state index in [0.717, 1.165) is 19.3 Å². The molecule has 1 aliphatic carbocycles. The first kappa shape index (κ1) is 10.8. The van der Waals surface area contributed by atoms with Crippen LogP contribution in [-0.2, 0) is 4.79 Å². The van der Waals surface area contributed by atoms with Gasteiger partial charge in [0, 0.05) is 13.2 Å². The molecular weight excluding hydrogens is 190 g/mol. The van der Waals surface area contributed by atoms with Crippen LogP contribution in [0.1, 0.15) is 19.3 Å². The molecule has 0 aromatic carbocycles. The van der Waals surface area contributed by atoms with E-state index in [1.54, 1.807) is 0 Å². The second-order valence-electron chi connectivity index (χ2n) is 3.57. The van der Waals surface area contributed by atoms with Crippen LogP contribution in [0.3, 0.4) is 0 Å². The zero-order chi connectivity index (χ0) is 9.68. The first-order valence-corrected chi connectivity index (χ1v) is 5.25. The molecule has 2 unspecified atom stereocenters. The molecule has 0 radical (unpaired) electrons. The largest absolute Gasteiger partial charge is 0.396 e. The average Bonchev–Trinajstić information content (AvgIpc) is 2.61. The van der Waals surface area contributed by atoms with Crippen molar-refractivity contribution in [1.29, 1.82) is 0 Å². The van der Waals surface area contributed by atoms with Gasteiger partial charge in [0.1, 0.15) is 5.88 Å². The Labute approximate surface area is 83.5 Å². The van der Waals surface area contributed by atoms with Gasteiger partial charge < -0.3 is 10.4 Å². The zero-order valence-electron chi connectivity index (χ0n) is 7.63. The molecule has 2 atom stereocenters. The first-order chi connectivity index (χ1) is 6.27. The van der Waals surface area contributed by atoms with Gasteiger partial charge in [0.05, 0.1) is 0 Å². The summed E-state index contributed by atoms with van der Waals surface area (Å²) in [4.78, 5) is 10.9. The maximum atomic E-state index is 10.9. The van der Waals surface area contributed by atoms with Crippen molar-refractivity contribution in [3.8, 4) is 0 Å². The van der Waals surface area contributed by atoms with E-state index < -0.39 is 0 Å². The predicted octanol–water partition coefficient (Wildman–Crippen LogP) is 0.750. The molecule has 0 heterocycles. The number of amides is 1. The maximum Gasteiger partial charge on any atom is 0.234 e. The third kappa shape index (κ3) is 3.16. The quantitative estimate of drug-likeness (QED) is 0.666. The summed E-state index contributed by atoms with van der Waals surface area (Å²) in [6, 6.07) is 0. The van der Waals surface area contributed by atoms with Gasteiger partial charge >= 0.3 is 0 Å². The van der Waals surface area contributed by atoms with Crippen molar-refractivity contribution in [1.82, 2.24) is 5.32 Å². The van der Waals surface area contributed by atoms with E-state index >= 15 is 0 Å². The monoisotopic (exact) mass is 205 g/mol. The summed E-state index contributed by atoms with van der Waals surface area (Å²) >= 11 is 5.35. The van der Waals surface area contributed by atoms with E-state index in [2.05, 4.69) is 5.32 Å². The average molecular weight is 206 g/mol. The summed E-state index contributed by atoms with van der Waals surface area (Å²) in [7, 11) is 0. The third-order valence-electron chi connectivity index (χ3n) is 2.73. The van der Waals surface area contributed by atoms with E-state index in [-0.39, 0.29) is 18.4 Å². The summed E-state index contributed by atoms with van der Waals surface area (Å²) in [6.07, 6.45) is 3.35. The zero-order valence-corrected chi connectivity index (χ0v) is 8.39. The molecule has 0 aromatic rings. The SMILES string of the molecule is O=C(CCl)NCC1CCCC1CO. The Morgan fingerprint density at radius 3 is 2.77 bits per heavy atom. The number of rotatable bonds is 4. The van der Waals surface area contributed by atoms with E-state index in [1.807, 2.05) is 0 Å². The molecule has 1 saturated carbocycles.